The third kappa shape index (κ3) is 5.08. The van der Waals surface area contributed by atoms with E-state index in [1.165, 1.54) is 22.5 Å². The summed E-state index contributed by atoms with van der Waals surface area (Å²) < 4.78 is 54.6. The molecule has 0 spiro atoms. The first kappa shape index (κ1) is 23.0. The monoisotopic (exact) mass is 485 g/mol. The summed E-state index contributed by atoms with van der Waals surface area (Å²) in [6.45, 7) is 0.850. The third-order valence-corrected chi connectivity index (χ3v) is 8.63. The van der Waals surface area contributed by atoms with Crippen molar-refractivity contribution in [3.8, 4) is 0 Å². The number of rotatable bonds is 6. The van der Waals surface area contributed by atoms with Crippen molar-refractivity contribution in [3.05, 3.63) is 90.5 Å². The number of sulfonamides is 2. The van der Waals surface area contributed by atoms with Gasteiger partial charge in [0, 0.05) is 37.4 Å². The van der Waals surface area contributed by atoms with Crippen LogP contribution >= 0.6 is 0 Å². The lowest BCUT2D eigenvalue weighted by Crippen LogP contribution is -2.50. The highest BCUT2D eigenvalue weighted by Crippen LogP contribution is 2.21. The zero-order valence-corrected chi connectivity index (χ0v) is 19.3. The van der Waals surface area contributed by atoms with Gasteiger partial charge in [-0.2, -0.15) is 4.31 Å². The molecular formula is C23H23N3O5S2. The average Bonchev–Trinajstić information content (AvgIpc) is 2.84. The zero-order chi connectivity index (χ0) is 23.5. The van der Waals surface area contributed by atoms with Crippen LogP contribution in [0.1, 0.15) is 10.4 Å². The summed E-state index contributed by atoms with van der Waals surface area (Å²) in [6.07, 6.45) is 0. The highest BCUT2D eigenvalue weighted by atomic mass is 32.2. The lowest BCUT2D eigenvalue weighted by Gasteiger charge is -2.34. The van der Waals surface area contributed by atoms with Crippen molar-refractivity contribution in [2.45, 2.75) is 9.79 Å². The van der Waals surface area contributed by atoms with Gasteiger partial charge in [-0.15, -0.1) is 0 Å². The van der Waals surface area contributed by atoms with E-state index in [1.54, 1.807) is 71.6 Å². The van der Waals surface area contributed by atoms with Crippen LogP contribution in [0.3, 0.4) is 0 Å². The molecule has 172 valence electrons. The Morgan fingerprint density at radius 1 is 0.697 bits per heavy atom. The number of piperazine rings is 1. The molecule has 33 heavy (non-hydrogen) atoms. The van der Waals surface area contributed by atoms with Gasteiger partial charge in [-0.3, -0.25) is 9.52 Å². The number of carbonyl (C=O) groups excluding carboxylic acids is 1. The quantitative estimate of drug-likeness (QED) is 0.578. The van der Waals surface area contributed by atoms with Gasteiger partial charge in [0.2, 0.25) is 10.0 Å². The second-order valence-electron chi connectivity index (χ2n) is 7.51. The molecule has 1 heterocycles. The van der Waals surface area contributed by atoms with Crippen molar-refractivity contribution in [1.29, 1.82) is 0 Å². The summed E-state index contributed by atoms with van der Waals surface area (Å²) >= 11 is 0. The van der Waals surface area contributed by atoms with Crippen LogP contribution in [-0.2, 0) is 20.0 Å². The third-order valence-electron chi connectivity index (χ3n) is 5.32. The van der Waals surface area contributed by atoms with Crippen LogP contribution in [0.5, 0.6) is 0 Å². The van der Waals surface area contributed by atoms with E-state index in [0.29, 0.717) is 5.56 Å². The van der Waals surface area contributed by atoms with Gasteiger partial charge in [-0.1, -0.05) is 42.5 Å². The Labute approximate surface area is 193 Å². The van der Waals surface area contributed by atoms with E-state index >= 15 is 0 Å². The minimum atomic E-state index is -3.78. The van der Waals surface area contributed by atoms with E-state index in [-0.39, 0.29) is 47.6 Å². The number of anilines is 1. The molecule has 0 aromatic heterocycles. The minimum absolute atomic E-state index is 0.123. The molecular weight excluding hydrogens is 462 g/mol. The molecule has 3 aromatic carbocycles. The van der Waals surface area contributed by atoms with Crippen LogP contribution in [0, 0.1) is 0 Å². The van der Waals surface area contributed by atoms with Crippen molar-refractivity contribution in [2.75, 3.05) is 30.9 Å². The summed E-state index contributed by atoms with van der Waals surface area (Å²) in [5, 5.41) is 0. The van der Waals surface area contributed by atoms with E-state index < -0.39 is 20.0 Å². The van der Waals surface area contributed by atoms with Crippen LogP contribution in [0.2, 0.25) is 0 Å². The maximum Gasteiger partial charge on any atom is 0.261 e. The van der Waals surface area contributed by atoms with E-state index in [0.717, 1.165) is 0 Å². The van der Waals surface area contributed by atoms with E-state index in [9.17, 15) is 21.6 Å². The maximum atomic E-state index is 13.0. The number of benzene rings is 3. The summed E-state index contributed by atoms with van der Waals surface area (Å²) in [4.78, 5) is 14.9. The standard InChI is InChI=1S/C23H23N3O5S2/c27-23(25-14-16-26(17-15-25)33(30,31)22-12-5-2-6-13-22)19-8-7-9-20(18-19)24-32(28,29)21-10-3-1-4-11-21/h1-13,18,24H,14-17H2. The molecule has 8 nitrogen and oxygen atoms in total. The number of nitrogens with zero attached hydrogens (tertiary/aromatic N) is 2. The van der Waals surface area contributed by atoms with Crippen molar-refractivity contribution in [1.82, 2.24) is 9.21 Å². The van der Waals surface area contributed by atoms with Crippen LogP contribution in [-0.4, -0.2) is 58.1 Å². The molecule has 1 amide bonds. The first-order valence-corrected chi connectivity index (χ1v) is 13.2. The minimum Gasteiger partial charge on any atom is -0.336 e. The summed E-state index contributed by atoms with van der Waals surface area (Å²) in [5.74, 6) is -0.285. The largest absolute Gasteiger partial charge is 0.336 e. The molecule has 0 saturated carbocycles. The summed E-state index contributed by atoms with van der Waals surface area (Å²) in [6, 6.07) is 22.4. The van der Waals surface area contributed by atoms with Gasteiger partial charge in [0.1, 0.15) is 0 Å². The Balaban J connectivity index is 1.44. The molecule has 1 aliphatic heterocycles. The van der Waals surface area contributed by atoms with Crippen molar-refractivity contribution < 1.29 is 21.6 Å². The predicted molar refractivity (Wildman–Crippen MR) is 125 cm³/mol. The first-order chi connectivity index (χ1) is 15.8. The number of hydrogen-bond acceptors (Lipinski definition) is 5. The van der Waals surface area contributed by atoms with Gasteiger partial charge in [0.15, 0.2) is 0 Å². The SMILES string of the molecule is O=C(c1cccc(NS(=O)(=O)c2ccccc2)c1)N1CCN(S(=O)(=O)c2ccccc2)CC1. The maximum absolute atomic E-state index is 13.0. The molecule has 1 N–H and O–H groups in total. The van der Waals surface area contributed by atoms with E-state index in [4.69, 9.17) is 0 Å². The van der Waals surface area contributed by atoms with Crippen LogP contribution < -0.4 is 4.72 Å². The normalized spacial score (nSPS) is 15.2. The van der Waals surface area contributed by atoms with Gasteiger partial charge in [0.25, 0.3) is 15.9 Å². The van der Waals surface area contributed by atoms with Gasteiger partial charge in [0.05, 0.1) is 9.79 Å². The second-order valence-corrected chi connectivity index (χ2v) is 11.1. The Bertz CT molecular complexity index is 1340. The van der Waals surface area contributed by atoms with Gasteiger partial charge < -0.3 is 4.90 Å². The Morgan fingerprint density at radius 2 is 1.27 bits per heavy atom. The lowest BCUT2D eigenvalue weighted by molar-refractivity contribution is 0.0698. The zero-order valence-electron chi connectivity index (χ0n) is 17.7. The molecule has 0 atom stereocenters. The smallest absolute Gasteiger partial charge is 0.261 e. The fourth-order valence-corrected chi connectivity index (χ4v) is 6.10. The highest BCUT2D eigenvalue weighted by molar-refractivity contribution is 7.92. The summed E-state index contributed by atoms with van der Waals surface area (Å²) in [5.41, 5.74) is 0.595. The molecule has 4 rings (SSSR count). The van der Waals surface area contributed by atoms with Crippen LogP contribution in [0.25, 0.3) is 0 Å². The molecule has 1 aliphatic rings. The van der Waals surface area contributed by atoms with Gasteiger partial charge >= 0.3 is 0 Å². The topological polar surface area (TPSA) is 104 Å². The van der Waals surface area contributed by atoms with Gasteiger partial charge in [-0.05, 0) is 42.5 Å². The fourth-order valence-electron chi connectivity index (χ4n) is 3.59. The number of amides is 1. The molecule has 0 unspecified atom stereocenters. The van der Waals surface area contributed by atoms with Crippen molar-refractivity contribution >= 4 is 31.6 Å². The Hall–Kier alpha value is -3.21. The molecule has 0 bridgehead atoms. The second kappa shape index (κ2) is 9.34. The van der Waals surface area contributed by atoms with E-state index in [2.05, 4.69) is 4.72 Å². The fraction of sp³-hybridized carbons (Fsp3) is 0.174. The molecule has 0 aliphatic carbocycles. The summed E-state index contributed by atoms with van der Waals surface area (Å²) in [7, 11) is -7.39. The van der Waals surface area contributed by atoms with E-state index in [1.807, 2.05) is 0 Å². The Morgan fingerprint density at radius 3 is 1.88 bits per heavy atom. The Kier molecular flexibility index (Phi) is 6.50. The van der Waals surface area contributed by atoms with Crippen molar-refractivity contribution in [2.24, 2.45) is 0 Å². The number of hydrogen-bond donors (Lipinski definition) is 1. The number of nitrogens with one attached hydrogen (secondary N) is 1. The van der Waals surface area contributed by atoms with Crippen LogP contribution in [0.4, 0.5) is 5.69 Å². The lowest BCUT2D eigenvalue weighted by atomic mass is 10.1. The first-order valence-electron chi connectivity index (χ1n) is 10.3. The highest BCUT2D eigenvalue weighted by Gasteiger charge is 2.30. The van der Waals surface area contributed by atoms with Crippen molar-refractivity contribution in [3.63, 3.8) is 0 Å². The van der Waals surface area contributed by atoms with Crippen LogP contribution in [0.15, 0.2) is 94.7 Å². The average molecular weight is 486 g/mol. The molecule has 1 saturated heterocycles. The van der Waals surface area contributed by atoms with Gasteiger partial charge in [-0.25, -0.2) is 16.8 Å². The predicted octanol–water partition coefficient (Wildman–Crippen LogP) is 2.63. The number of carbonyl (C=O) groups is 1. The molecule has 0 radical (unpaired) electrons. The molecule has 10 heteroatoms. The molecule has 3 aromatic rings. The molecule has 1 fully saturated rings.